The van der Waals surface area contributed by atoms with E-state index >= 15 is 0 Å². The molecule has 2 aromatic rings. The molecular weight excluding hydrogens is 324 g/mol. The van der Waals surface area contributed by atoms with Crippen molar-refractivity contribution < 1.29 is 14.6 Å². The number of nitrogens with one attached hydrogen (secondary N) is 1. The molecule has 0 radical (unpaired) electrons. The maximum Gasteiger partial charge on any atom is 0.263 e. The Kier molecular flexibility index (Phi) is 6.75. The lowest BCUT2D eigenvalue weighted by atomic mass is 10.1. The number of carbonyl (C=O) groups is 1. The Balaban J connectivity index is 1.87. The molecule has 1 amide bonds. The molecule has 0 spiro atoms. The number of amides is 1. The number of benzene rings is 1. The largest absolute Gasteiger partial charge is 0.491 e. The van der Waals surface area contributed by atoms with E-state index in [1.54, 1.807) is 18.3 Å². The second kappa shape index (κ2) is 8.80. The molecule has 1 aromatic carbocycles. The fraction of sp³-hybridized carbons (Fsp3) is 0.444. The Labute approximate surface area is 146 Å². The van der Waals surface area contributed by atoms with E-state index in [4.69, 9.17) is 4.74 Å². The minimum absolute atomic E-state index is 0.108. The zero-order chi connectivity index (χ0) is 17.5. The van der Waals surface area contributed by atoms with E-state index in [0.717, 1.165) is 29.2 Å². The summed E-state index contributed by atoms with van der Waals surface area (Å²) in [4.78, 5) is 16.9. The molecule has 1 aromatic heterocycles. The van der Waals surface area contributed by atoms with E-state index in [9.17, 15) is 9.90 Å². The summed E-state index contributed by atoms with van der Waals surface area (Å²) in [6, 6.07) is 7.25. The normalized spacial score (nSPS) is 12.2. The van der Waals surface area contributed by atoms with Crippen molar-refractivity contribution in [2.24, 2.45) is 0 Å². The summed E-state index contributed by atoms with van der Waals surface area (Å²) in [5.41, 5.74) is 0.738. The van der Waals surface area contributed by atoms with E-state index in [1.165, 1.54) is 11.3 Å². The van der Waals surface area contributed by atoms with Crippen molar-refractivity contribution in [1.29, 1.82) is 0 Å². The van der Waals surface area contributed by atoms with Gasteiger partial charge in [0, 0.05) is 6.54 Å². The van der Waals surface area contributed by atoms with Crippen LogP contribution in [0.25, 0.3) is 0 Å². The van der Waals surface area contributed by atoms with Crippen LogP contribution in [0.5, 0.6) is 5.75 Å². The van der Waals surface area contributed by atoms with Crippen molar-refractivity contribution in [1.82, 2.24) is 10.3 Å². The third kappa shape index (κ3) is 5.32. The highest BCUT2D eigenvalue weighted by molar-refractivity contribution is 7.13. The summed E-state index contributed by atoms with van der Waals surface area (Å²) in [5, 5.41) is 13.9. The third-order valence-corrected chi connectivity index (χ3v) is 4.39. The Bertz CT molecular complexity index is 653. The van der Waals surface area contributed by atoms with Crippen LogP contribution in [0.3, 0.4) is 0 Å². The number of aliphatic hydroxyl groups is 1. The van der Waals surface area contributed by atoms with E-state index in [1.807, 2.05) is 26.0 Å². The van der Waals surface area contributed by atoms with Gasteiger partial charge >= 0.3 is 0 Å². The summed E-state index contributed by atoms with van der Waals surface area (Å²) in [6.07, 6.45) is 2.83. The lowest BCUT2D eigenvalue weighted by Crippen LogP contribution is -2.27. The number of ether oxygens (including phenoxy) is 1. The van der Waals surface area contributed by atoms with Gasteiger partial charge in [-0.3, -0.25) is 4.79 Å². The summed E-state index contributed by atoms with van der Waals surface area (Å²) in [7, 11) is 0. The van der Waals surface area contributed by atoms with Gasteiger partial charge < -0.3 is 15.2 Å². The van der Waals surface area contributed by atoms with E-state index < -0.39 is 6.10 Å². The van der Waals surface area contributed by atoms with Gasteiger partial charge in [-0.1, -0.05) is 19.1 Å². The SMILES string of the molecule is CCCc1ncc(C(=O)NCC(O)c2ccc(OC(C)C)cc2)s1. The molecule has 2 N–H and O–H groups in total. The first-order chi connectivity index (χ1) is 11.5. The number of rotatable bonds is 8. The molecule has 0 aliphatic carbocycles. The quantitative estimate of drug-likeness (QED) is 0.767. The number of aliphatic hydroxyl groups excluding tert-OH is 1. The topological polar surface area (TPSA) is 71.5 Å². The number of thiazole rings is 1. The van der Waals surface area contributed by atoms with Crippen molar-refractivity contribution >= 4 is 17.2 Å². The lowest BCUT2D eigenvalue weighted by Gasteiger charge is -2.14. The summed E-state index contributed by atoms with van der Waals surface area (Å²) >= 11 is 1.40. The minimum atomic E-state index is -0.759. The van der Waals surface area contributed by atoms with E-state index in [-0.39, 0.29) is 18.6 Å². The fourth-order valence-corrected chi connectivity index (χ4v) is 3.12. The number of carbonyl (C=O) groups excluding carboxylic acids is 1. The van der Waals surface area contributed by atoms with Crippen LogP contribution in [0, 0.1) is 0 Å². The first-order valence-corrected chi connectivity index (χ1v) is 8.98. The van der Waals surface area contributed by atoms with E-state index in [2.05, 4.69) is 17.2 Å². The predicted molar refractivity (Wildman–Crippen MR) is 95.6 cm³/mol. The molecule has 24 heavy (non-hydrogen) atoms. The highest BCUT2D eigenvalue weighted by atomic mass is 32.1. The summed E-state index contributed by atoms with van der Waals surface area (Å²) < 4.78 is 5.57. The van der Waals surface area contributed by atoms with Gasteiger partial charge in [0.15, 0.2) is 0 Å². The van der Waals surface area contributed by atoms with Gasteiger partial charge in [0.05, 0.1) is 23.4 Å². The highest BCUT2D eigenvalue weighted by Gasteiger charge is 2.13. The van der Waals surface area contributed by atoms with Crippen LogP contribution in [0.1, 0.15) is 53.5 Å². The monoisotopic (exact) mass is 348 g/mol. The molecule has 6 heteroatoms. The Morgan fingerprint density at radius 2 is 2.04 bits per heavy atom. The minimum Gasteiger partial charge on any atom is -0.491 e. The molecule has 1 unspecified atom stereocenters. The highest BCUT2D eigenvalue weighted by Crippen LogP contribution is 2.19. The molecule has 1 atom stereocenters. The Morgan fingerprint density at radius 1 is 1.33 bits per heavy atom. The van der Waals surface area contributed by atoms with Gasteiger partial charge in [0.25, 0.3) is 5.91 Å². The molecule has 2 rings (SSSR count). The molecule has 0 aliphatic heterocycles. The van der Waals surface area contributed by atoms with Crippen LogP contribution in [-0.2, 0) is 6.42 Å². The van der Waals surface area contributed by atoms with Crippen LogP contribution in [-0.4, -0.2) is 28.6 Å². The van der Waals surface area contributed by atoms with Crippen LogP contribution in [0.2, 0.25) is 0 Å². The van der Waals surface area contributed by atoms with Crippen LogP contribution in [0.4, 0.5) is 0 Å². The Morgan fingerprint density at radius 3 is 2.67 bits per heavy atom. The molecular formula is C18H24N2O3S. The first kappa shape index (κ1) is 18.4. The van der Waals surface area contributed by atoms with Crippen LogP contribution in [0.15, 0.2) is 30.5 Å². The van der Waals surface area contributed by atoms with Gasteiger partial charge in [-0.25, -0.2) is 4.98 Å². The number of hydrogen-bond acceptors (Lipinski definition) is 5. The van der Waals surface area contributed by atoms with Crippen molar-refractivity contribution in [3.8, 4) is 5.75 Å². The average molecular weight is 348 g/mol. The molecule has 0 saturated heterocycles. The Hall–Kier alpha value is -1.92. The molecule has 0 bridgehead atoms. The number of aryl methyl sites for hydroxylation is 1. The van der Waals surface area contributed by atoms with Gasteiger partial charge in [0.1, 0.15) is 10.6 Å². The zero-order valence-corrected chi connectivity index (χ0v) is 15.1. The third-order valence-electron chi connectivity index (χ3n) is 3.33. The number of nitrogens with zero attached hydrogens (tertiary/aromatic N) is 1. The molecule has 0 fully saturated rings. The van der Waals surface area contributed by atoms with Gasteiger partial charge in [0.2, 0.25) is 0 Å². The summed E-state index contributed by atoms with van der Waals surface area (Å²) in [5.74, 6) is 0.562. The van der Waals surface area contributed by atoms with Gasteiger partial charge in [-0.2, -0.15) is 0 Å². The average Bonchev–Trinajstić information content (AvgIpc) is 3.01. The maximum atomic E-state index is 12.1. The van der Waals surface area contributed by atoms with Crippen LogP contribution >= 0.6 is 11.3 Å². The summed E-state index contributed by atoms with van der Waals surface area (Å²) in [6.45, 7) is 6.16. The second-order valence-corrected chi connectivity index (χ2v) is 6.94. The van der Waals surface area contributed by atoms with E-state index in [0.29, 0.717) is 4.88 Å². The maximum absolute atomic E-state index is 12.1. The van der Waals surface area contributed by atoms with Crippen molar-refractivity contribution in [2.75, 3.05) is 6.54 Å². The fourth-order valence-electron chi connectivity index (χ4n) is 2.18. The molecule has 0 aliphatic rings. The predicted octanol–water partition coefficient (Wildman–Crippen LogP) is 3.35. The smallest absolute Gasteiger partial charge is 0.263 e. The number of aromatic nitrogens is 1. The lowest BCUT2D eigenvalue weighted by molar-refractivity contribution is 0.0920. The molecule has 5 nitrogen and oxygen atoms in total. The second-order valence-electron chi connectivity index (χ2n) is 5.83. The van der Waals surface area contributed by atoms with Gasteiger partial charge in [-0.15, -0.1) is 11.3 Å². The van der Waals surface area contributed by atoms with Crippen molar-refractivity contribution in [2.45, 2.75) is 45.8 Å². The standard InChI is InChI=1S/C18H24N2O3S/c1-4-5-17-19-11-16(24-17)18(22)20-10-15(21)13-6-8-14(9-7-13)23-12(2)3/h6-9,11-12,15,21H,4-5,10H2,1-3H3,(H,20,22). The first-order valence-electron chi connectivity index (χ1n) is 8.17. The van der Waals surface area contributed by atoms with Crippen molar-refractivity contribution in [3.05, 3.63) is 45.9 Å². The molecule has 0 saturated carbocycles. The van der Waals surface area contributed by atoms with Gasteiger partial charge in [-0.05, 0) is 44.4 Å². The van der Waals surface area contributed by atoms with Crippen LogP contribution < -0.4 is 10.1 Å². The van der Waals surface area contributed by atoms with Crippen molar-refractivity contribution in [3.63, 3.8) is 0 Å². The molecule has 1 heterocycles. The zero-order valence-electron chi connectivity index (χ0n) is 14.3. The number of hydrogen-bond donors (Lipinski definition) is 2. The molecule has 130 valence electrons.